The molecule has 7 aromatic heterocycles. The van der Waals surface area contributed by atoms with Gasteiger partial charge in [-0.3, -0.25) is 28.8 Å². The van der Waals surface area contributed by atoms with Crippen LogP contribution in [0.3, 0.4) is 0 Å². The van der Waals surface area contributed by atoms with Gasteiger partial charge in [-0.15, -0.1) is 0 Å². The van der Waals surface area contributed by atoms with Crippen LogP contribution in [0.2, 0.25) is 10.4 Å². The summed E-state index contributed by atoms with van der Waals surface area (Å²) in [4.78, 5) is 135. The normalized spacial score (nSPS) is 18.2. The van der Waals surface area contributed by atoms with Gasteiger partial charge in [0.1, 0.15) is 17.6 Å². The average Bonchev–Trinajstić information content (AvgIpc) is 1.74. The third kappa shape index (κ3) is 25.6. The fourth-order valence-electron chi connectivity index (χ4n) is 14.4. The van der Waals surface area contributed by atoms with Crippen molar-refractivity contribution >= 4 is 115 Å². The molecule has 4 saturated heterocycles. The van der Waals surface area contributed by atoms with Crippen LogP contribution < -0.4 is 22.7 Å². The number of aromatic nitrogens is 15. The first-order chi connectivity index (χ1) is 59.1. The number of likely N-dealkylation sites (tertiary alicyclic amines) is 4. The summed E-state index contributed by atoms with van der Waals surface area (Å²) in [7, 11) is 0. The maximum atomic E-state index is 13.5. The van der Waals surface area contributed by atoms with E-state index in [4.69, 9.17) is 51.7 Å². The third-order valence-corrected chi connectivity index (χ3v) is 22.0. The van der Waals surface area contributed by atoms with Gasteiger partial charge in [-0.1, -0.05) is 71.9 Å². The number of hydrogen-bond donors (Lipinski definition) is 2. The van der Waals surface area contributed by atoms with Crippen LogP contribution in [0.1, 0.15) is 225 Å². The number of nitrogens with zero attached hydrogens (tertiary/aromatic N) is 19. The van der Waals surface area contributed by atoms with Crippen LogP contribution in [0.25, 0.3) is 22.7 Å². The van der Waals surface area contributed by atoms with E-state index in [1.165, 1.54) is 25.4 Å². The summed E-state index contributed by atoms with van der Waals surface area (Å²) in [5.41, 5.74) is 9.21. The standard InChI is InChI=1S/C21H22ClN5O4.C21H24ClN5O3.C21H23N5O4.C16H19N5O2.C5H7BrO3.CH4.CH3.BrH.Mg/c1-3-30-21(29)17-18(22)31-19(25-17)14-9-8-13(2)26(12-14)20(28)15-6-4-5-7-16(15)27-23-10-11-24-27;1-13-8-9-14(19-25-17(18(22)30-19)21(2,3)29)12-26(13)20(28)15-6-4-5-7-16(15)27-23-10-11-24-27;1-3-29-21(28)17-13-30-19(24-17)15-9-8-14(2)25(12-15)20(27)16-6-4-5-7-18(16)26-22-10-11-23-26;1-11-6-7-12(15(17)22)10-20(11)16(23)13-4-2-3-5-14(13)21-18-8-9-19-21;1-2-9-5(8)4(7)3-6;;;;/h4-7,10-11,13-14H,3,8-9,12H2,1-2H3;4-7,10-11,13-14,29H,8-9,12H2,1-3H3;4-7,10-11,13-15H,3,8-9,12H2,1-2H3;2-5,8-9,11-12H,6-7,10H2,1H3,(H2,17,22);2-3H2,1H3;1H4;1H3;1H;/q;;;;;;-1;;+2/p-1/t2*13-,14-;14-,15-;11-,12-;;;;;/m1111...../s1. The number of carbonyl (C=O) groups excluding carboxylic acids is 9. The number of ether oxygens (including phenoxy) is 3. The smallest absolute Gasteiger partial charge is 1.00 e. The molecule has 4 aromatic carbocycles. The largest absolute Gasteiger partial charge is 2.00 e. The molecule has 5 amide bonds. The molecule has 15 rings (SSSR count). The van der Waals surface area contributed by atoms with Crippen LogP contribution in [0.5, 0.6) is 0 Å². The van der Waals surface area contributed by atoms with E-state index in [1.807, 2.05) is 92.1 Å². The Labute approximate surface area is 779 Å². The van der Waals surface area contributed by atoms with E-state index in [1.54, 1.807) is 136 Å². The zero-order chi connectivity index (χ0) is 88.2. The van der Waals surface area contributed by atoms with E-state index in [0.717, 1.165) is 51.4 Å². The Morgan fingerprint density at radius 3 is 1.13 bits per heavy atom. The van der Waals surface area contributed by atoms with Crippen molar-refractivity contribution < 1.29 is 92.7 Å². The number of para-hydroxylation sites is 4. The Kier molecular flexibility index (Phi) is 38.9. The second-order valence-electron chi connectivity index (χ2n) is 29.8. The molecule has 11 aromatic rings. The number of alkyl halides is 1. The summed E-state index contributed by atoms with van der Waals surface area (Å²) >= 11 is 15.1. The minimum absolute atomic E-state index is 0. The van der Waals surface area contributed by atoms with Crippen molar-refractivity contribution in [3.63, 3.8) is 0 Å². The van der Waals surface area contributed by atoms with Crippen LogP contribution in [0.15, 0.2) is 166 Å². The number of piperidine rings is 4. The van der Waals surface area contributed by atoms with Crippen LogP contribution in [-0.4, -0.2) is 251 Å². The molecule has 3 N–H and O–H groups in total. The topological polar surface area (TPSA) is 441 Å². The van der Waals surface area contributed by atoms with E-state index in [0.29, 0.717) is 94.5 Å². The van der Waals surface area contributed by atoms with Crippen LogP contribution >= 0.6 is 39.1 Å². The number of ketones is 1. The monoisotopic (exact) mass is 1920 g/mol. The molecular formula is C86H102Br2Cl2MgN20O16. The summed E-state index contributed by atoms with van der Waals surface area (Å²) in [6, 6.07) is 29.2. The van der Waals surface area contributed by atoms with E-state index >= 15 is 0 Å². The molecule has 4 fully saturated rings. The van der Waals surface area contributed by atoms with Gasteiger partial charge >= 0.3 is 41.0 Å². The zero-order valence-corrected chi connectivity index (χ0v) is 77.3. The summed E-state index contributed by atoms with van der Waals surface area (Å²) in [5, 5.41) is 43.4. The van der Waals surface area contributed by atoms with E-state index in [2.05, 4.69) is 76.4 Å². The number of esters is 3. The second-order valence-corrected chi connectivity index (χ2v) is 31.0. The van der Waals surface area contributed by atoms with Gasteiger partial charge in [0.2, 0.25) is 39.6 Å². The molecule has 0 saturated carbocycles. The molecule has 0 aliphatic carbocycles. The minimum atomic E-state index is -1.20. The third-order valence-electron chi connectivity index (χ3n) is 21.0. The number of Topliss-reactive ketones (excluding diaryl/α,β-unsaturated/α-hetero) is 1. The predicted octanol–water partition coefficient (Wildman–Crippen LogP) is 9.09. The molecule has 11 heterocycles. The van der Waals surface area contributed by atoms with Crippen LogP contribution in [-0.2, 0) is 34.2 Å². The minimum Gasteiger partial charge on any atom is -1.00 e. The molecule has 8 atom stereocenters. The number of rotatable bonds is 20. The number of primary amides is 1. The quantitative estimate of drug-likeness (QED) is 0.0179. The van der Waals surface area contributed by atoms with Crippen molar-refractivity contribution in [2.24, 2.45) is 11.7 Å². The summed E-state index contributed by atoms with van der Waals surface area (Å²) in [6.07, 6.45) is 20.1. The molecule has 41 heteroatoms. The Balaban J connectivity index is 0.000000223. The molecule has 4 aliphatic rings. The van der Waals surface area contributed by atoms with Gasteiger partial charge in [-0.25, -0.2) is 29.3 Å². The van der Waals surface area contributed by atoms with E-state index < -0.39 is 29.3 Å². The first-order valence-corrected chi connectivity index (χ1v) is 42.0. The van der Waals surface area contributed by atoms with Crippen molar-refractivity contribution in [2.45, 2.75) is 169 Å². The summed E-state index contributed by atoms with van der Waals surface area (Å²) in [5.74, 6) is -2.69. The van der Waals surface area contributed by atoms with Crippen molar-refractivity contribution in [3.05, 3.63) is 228 Å². The fraction of sp³-hybridized carbons (Fsp3) is 0.407. The second kappa shape index (κ2) is 48.1. The Morgan fingerprint density at radius 1 is 0.472 bits per heavy atom. The molecule has 4 aliphatic heterocycles. The Bertz CT molecular complexity index is 5440. The number of halogens is 4. The zero-order valence-electron chi connectivity index (χ0n) is 71.2. The van der Waals surface area contributed by atoms with Gasteiger partial charge in [-0.2, -0.15) is 60.0 Å². The van der Waals surface area contributed by atoms with Gasteiger partial charge in [0, 0.05) is 50.3 Å². The Morgan fingerprint density at radius 2 is 0.795 bits per heavy atom. The van der Waals surface area contributed by atoms with Gasteiger partial charge in [0.25, 0.3) is 23.6 Å². The van der Waals surface area contributed by atoms with Crippen LogP contribution in [0.4, 0.5) is 0 Å². The first kappa shape index (κ1) is 103. The maximum absolute atomic E-state index is 13.5. The average molecular weight is 1930 g/mol. The summed E-state index contributed by atoms with van der Waals surface area (Å²) < 4.78 is 31.1. The molecule has 36 nitrogen and oxygen atoms in total. The van der Waals surface area contributed by atoms with Crippen molar-refractivity contribution in [3.8, 4) is 22.7 Å². The molecule has 0 spiro atoms. The number of carbonyl (C=O) groups is 9. The number of oxazole rings is 3. The molecule has 0 radical (unpaired) electrons. The number of hydrogen-bond acceptors (Lipinski definition) is 27. The van der Waals surface area contributed by atoms with Gasteiger partial charge in [-0.05, 0) is 185 Å². The number of aliphatic hydroxyl groups is 1. The molecule has 0 unspecified atom stereocenters. The number of benzene rings is 4. The van der Waals surface area contributed by atoms with Gasteiger partial charge in [0.15, 0.2) is 11.6 Å². The first-order valence-electron chi connectivity index (χ1n) is 40.1. The van der Waals surface area contributed by atoms with Crippen molar-refractivity contribution in [1.82, 2.24) is 94.5 Å². The summed E-state index contributed by atoms with van der Waals surface area (Å²) in [6.45, 7) is 18.8. The van der Waals surface area contributed by atoms with E-state index in [-0.39, 0.29) is 179 Å². The van der Waals surface area contributed by atoms with Gasteiger partial charge < -0.3 is 82.3 Å². The SMILES string of the molecule is C.CCOC(=O)C(=O)CBr.CCOC(=O)c1coc([C@@H]2CC[C@@H](C)N(C(=O)c3ccccc3-n3nccn3)C2)n1.CCOC(=O)c1nc([C@@H]2CC[C@@H](C)N(C(=O)c3ccccc3-n3nccn3)C2)oc1Cl.C[C@@H]1CC[C@@H](C(N)=O)CN1C(=O)c1ccccc1-n1nccn1.C[C@@H]1CC[C@@H](c2nc(C(C)(C)O)c(Cl)o2)CN1C(=O)c1ccccc1-n1nccn1.[Br-].[CH3-].[Mg+2]. The molecule has 672 valence electrons. The fourth-order valence-corrected chi connectivity index (χ4v) is 15.2. The van der Waals surface area contributed by atoms with Crippen molar-refractivity contribution in [2.75, 3.05) is 51.3 Å². The van der Waals surface area contributed by atoms with E-state index in [9.17, 15) is 48.3 Å². The molecular weight excluding hydrogens is 1820 g/mol. The maximum Gasteiger partial charge on any atom is 2.00 e. The molecule has 127 heavy (non-hydrogen) atoms. The number of nitrogens with two attached hydrogens (primary N) is 1. The molecule has 0 bridgehead atoms. The van der Waals surface area contributed by atoms with Crippen LogP contribution in [0, 0.1) is 13.3 Å². The Hall–Kier alpha value is -11.2. The van der Waals surface area contributed by atoms with Crippen molar-refractivity contribution in [1.29, 1.82) is 0 Å². The van der Waals surface area contributed by atoms with Gasteiger partial charge in [0.05, 0.1) is 143 Å². The predicted molar refractivity (Wildman–Crippen MR) is 466 cm³/mol. The number of amides is 5.